The number of hydrogen-bond donors (Lipinski definition) is 2. The standard InChI is InChI=1S/C6H4.C5H10O4/c1-2-6-4-3-5(1)6;1-3-9-4(6)5(2,7)8/h1-4H;7-8H,3H2,1-2H3. The van der Waals surface area contributed by atoms with E-state index in [1.807, 2.05) is 0 Å². The zero-order chi connectivity index (χ0) is 11.5. The second kappa shape index (κ2) is 4.42. The minimum Gasteiger partial charge on any atom is -0.462 e. The highest BCUT2D eigenvalue weighted by Gasteiger charge is 2.27. The maximum atomic E-state index is 10.3. The molecule has 0 radical (unpaired) electrons. The molecule has 0 atom stereocenters. The quantitative estimate of drug-likeness (QED) is 0.571. The van der Waals surface area contributed by atoms with Crippen LogP contribution in [0.25, 0.3) is 11.1 Å². The molecule has 0 amide bonds. The third kappa shape index (κ3) is 3.04. The monoisotopic (exact) mass is 210 g/mol. The van der Waals surface area contributed by atoms with Gasteiger partial charge in [-0.1, -0.05) is 24.3 Å². The fourth-order valence-electron chi connectivity index (χ4n) is 0.930. The molecule has 2 N–H and O–H groups in total. The molecule has 82 valence electrons. The average molecular weight is 210 g/mol. The zero-order valence-electron chi connectivity index (χ0n) is 8.73. The summed E-state index contributed by atoms with van der Waals surface area (Å²) in [5, 5.41) is 17.0. The SMILES string of the molecule is CCOC(=O)C(C)(O)O.c1cc2ccc1-2. The number of carbonyl (C=O) groups is 1. The Hall–Kier alpha value is -1.39. The topological polar surface area (TPSA) is 66.8 Å². The Balaban J connectivity index is 0.000000158. The Morgan fingerprint density at radius 2 is 1.67 bits per heavy atom. The molecule has 0 fully saturated rings. The van der Waals surface area contributed by atoms with Crippen LogP contribution in [0.1, 0.15) is 13.8 Å². The zero-order valence-corrected chi connectivity index (χ0v) is 8.73. The Morgan fingerprint density at radius 1 is 1.27 bits per heavy atom. The fourth-order valence-corrected chi connectivity index (χ4v) is 0.930. The van der Waals surface area contributed by atoms with Gasteiger partial charge in [0.2, 0.25) is 0 Å². The van der Waals surface area contributed by atoms with Crippen molar-refractivity contribution in [1.29, 1.82) is 0 Å². The summed E-state index contributed by atoms with van der Waals surface area (Å²) in [6, 6.07) is 8.48. The van der Waals surface area contributed by atoms with Crippen molar-refractivity contribution in [3.05, 3.63) is 24.3 Å². The lowest BCUT2D eigenvalue weighted by Crippen LogP contribution is -2.36. The first-order valence-corrected chi connectivity index (χ1v) is 4.67. The molecule has 0 aromatic rings. The van der Waals surface area contributed by atoms with Crippen LogP contribution in [0.15, 0.2) is 24.3 Å². The summed E-state index contributed by atoms with van der Waals surface area (Å²) < 4.78 is 4.27. The van der Waals surface area contributed by atoms with Gasteiger partial charge in [0, 0.05) is 6.92 Å². The lowest BCUT2D eigenvalue weighted by atomic mass is 9.95. The summed E-state index contributed by atoms with van der Waals surface area (Å²) >= 11 is 0. The number of benzene rings is 1. The summed E-state index contributed by atoms with van der Waals surface area (Å²) in [6.07, 6.45) is 0. The second-order valence-corrected chi connectivity index (χ2v) is 3.32. The van der Waals surface area contributed by atoms with Crippen LogP contribution >= 0.6 is 0 Å². The first-order valence-electron chi connectivity index (χ1n) is 4.67. The maximum absolute atomic E-state index is 10.3. The van der Waals surface area contributed by atoms with Crippen molar-refractivity contribution in [2.45, 2.75) is 19.6 Å². The highest BCUT2D eigenvalue weighted by molar-refractivity contribution is 5.76. The van der Waals surface area contributed by atoms with Crippen LogP contribution in [-0.4, -0.2) is 28.6 Å². The van der Waals surface area contributed by atoms with Crippen LogP contribution in [0.3, 0.4) is 0 Å². The van der Waals surface area contributed by atoms with Crippen LogP contribution in [0.5, 0.6) is 0 Å². The lowest BCUT2D eigenvalue weighted by Gasteiger charge is -2.12. The Bertz CT molecular complexity index is 314. The lowest BCUT2D eigenvalue weighted by molar-refractivity contribution is -0.202. The third-order valence-corrected chi connectivity index (χ3v) is 1.88. The van der Waals surface area contributed by atoms with E-state index in [9.17, 15) is 4.79 Å². The van der Waals surface area contributed by atoms with Gasteiger partial charge < -0.3 is 14.9 Å². The van der Waals surface area contributed by atoms with Gasteiger partial charge in [-0.05, 0) is 18.1 Å². The molecule has 0 aromatic heterocycles. The number of esters is 1. The van der Waals surface area contributed by atoms with E-state index in [4.69, 9.17) is 10.2 Å². The van der Waals surface area contributed by atoms with E-state index in [0.29, 0.717) is 0 Å². The number of fused-ring (bicyclic) bond motifs is 1. The summed E-state index contributed by atoms with van der Waals surface area (Å²) in [5.74, 6) is -3.37. The first kappa shape index (κ1) is 11.7. The minimum atomic E-state index is -2.35. The smallest absolute Gasteiger partial charge is 0.366 e. The Morgan fingerprint density at radius 3 is 1.73 bits per heavy atom. The largest absolute Gasteiger partial charge is 0.462 e. The molecule has 0 heterocycles. The van der Waals surface area contributed by atoms with Crippen molar-refractivity contribution in [2.75, 3.05) is 6.61 Å². The molecule has 0 bridgehead atoms. The number of ether oxygens (including phenoxy) is 1. The molecule has 15 heavy (non-hydrogen) atoms. The maximum Gasteiger partial charge on any atom is 0.366 e. The van der Waals surface area contributed by atoms with Gasteiger partial charge in [-0.3, -0.25) is 0 Å². The highest BCUT2D eigenvalue weighted by atomic mass is 16.6. The van der Waals surface area contributed by atoms with E-state index in [1.54, 1.807) is 6.92 Å². The Labute approximate surface area is 88.1 Å². The van der Waals surface area contributed by atoms with E-state index in [1.165, 1.54) is 11.1 Å². The second-order valence-electron chi connectivity index (χ2n) is 3.32. The van der Waals surface area contributed by atoms with E-state index >= 15 is 0 Å². The van der Waals surface area contributed by atoms with Gasteiger partial charge in [0.1, 0.15) is 0 Å². The number of carbonyl (C=O) groups excluding carboxylic acids is 1. The molecule has 0 saturated carbocycles. The normalized spacial score (nSPS) is 11.2. The molecule has 2 aliphatic carbocycles. The number of aliphatic hydroxyl groups is 2. The number of hydrogen-bond acceptors (Lipinski definition) is 4. The van der Waals surface area contributed by atoms with Crippen LogP contribution in [0.2, 0.25) is 0 Å². The third-order valence-electron chi connectivity index (χ3n) is 1.88. The van der Waals surface area contributed by atoms with Crippen molar-refractivity contribution in [2.24, 2.45) is 0 Å². The minimum absolute atomic E-state index is 0.148. The van der Waals surface area contributed by atoms with Crippen LogP contribution < -0.4 is 0 Å². The van der Waals surface area contributed by atoms with E-state index in [-0.39, 0.29) is 6.61 Å². The highest BCUT2D eigenvalue weighted by Crippen LogP contribution is 2.29. The van der Waals surface area contributed by atoms with Crippen molar-refractivity contribution in [1.82, 2.24) is 0 Å². The summed E-state index contributed by atoms with van der Waals surface area (Å²) in [7, 11) is 0. The van der Waals surface area contributed by atoms with Crippen LogP contribution in [-0.2, 0) is 9.53 Å². The van der Waals surface area contributed by atoms with Gasteiger partial charge in [0.15, 0.2) is 0 Å². The molecule has 0 spiro atoms. The number of rotatable bonds is 2. The molecule has 4 nitrogen and oxygen atoms in total. The van der Waals surface area contributed by atoms with Gasteiger partial charge in [-0.15, -0.1) is 0 Å². The molecule has 2 rings (SSSR count). The molecule has 2 aliphatic rings. The molecule has 0 aromatic carbocycles. The molecule has 0 unspecified atom stereocenters. The first-order chi connectivity index (χ1) is 6.95. The van der Waals surface area contributed by atoms with Crippen molar-refractivity contribution in [3.63, 3.8) is 0 Å². The molecule has 0 saturated heterocycles. The van der Waals surface area contributed by atoms with Gasteiger partial charge >= 0.3 is 5.97 Å². The van der Waals surface area contributed by atoms with Crippen LogP contribution in [0, 0.1) is 0 Å². The Kier molecular flexibility index (Phi) is 3.44. The van der Waals surface area contributed by atoms with Gasteiger partial charge in [-0.2, -0.15) is 0 Å². The predicted molar refractivity (Wildman–Crippen MR) is 54.9 cm³/mol. The average Bonchev–Trinajstić information content (AvgIpc) is 2.11. The molecule has 0 aliphatic heterocycles. The van der Waals surface area contributed by atoms with Gasteiger partial charge in [-0.25, -0.2) is 4.79 Å². The van der Waals surface area contributed by atoms with E-state index in [0.717, 1.165) is 6.92 Å². The van der Waals surface area contributed by atoms with Crippen molar-refractivity contribution >= 4 is 5.97 Å². The van der Waals surface area contributed by atoms with Crippen LogP contribution in [0.4, 0.5) is 0 Å². The summed E-state index contributed by atoms with van der Waals surface area (Å²) in [6.45, 7) is 2.68. The van der Waals surface area contributed by atoms with Gasteiger partial charge in [0.05, 0.1) is 6.61 Å². The summed E-state index contributed by atoms with van der Waals surface area (Å²) in [4.78, 5) is 10.3. The van der Waals surface area contributed by atoms with Crippen molar-refractivity contribution < 1.29 is 19.7 Å². The van der Waals surface area contributed by atoms with Crippen molar-refractivity contribution in [3.8, 4) is 11.1 Å². The van der Waals surface area contributed by atoms with E-state index in [2.05, 4.69) is 29.0 Å². The molecular weight excluding hydrogens is 196 g/mol. The predicted octanol–water partition coefficient (Wildman–Crippen LogP) is 0.917. The molecular formula is C11H14O4. The summed E-state index contributed by atoms with van der Waals surface area (Å²) in [5.41, 5.74) is 2.85. The molecule has 4 heteroatoms. The van der Waals surface area contributed by atoms with Gasteiger partial charge in [0.25, 0.3) is 5.79 Å². The fraction of sp³-hybridized carbons (Fsp3) is 0.364. The van der Waals surface area contributed by atoms with E-state index < -0.39 is 11.8 Å².